The van der Waals surface area contributed by atoms with E-state index in [-0.39, 0.29) is 30.4 Å². The Hall–Kier alpha value is -4.33. The van der Waals surface area contributed by atoms with Gasteiger partial charge in [0.2, 0.25) is 11.2 Å². The number of halogens is 2. The number of nitrogens with one attached hydrogen (secondary N) is 1. The van der Waals surface area contributed by atoms with Gasteiger partial charge in [0, 0.05) is 50.5 Å². The van der Waals surface area contributed by atoms with E-state index < -0.39 is 70.2 Å². The van der Waals surface area contributed by atoms with Gasteiger partial charge in [-0.2, -0.15) is 0 Å². The number of amides is 2. The van der Waals surface area contributed by atoms with E-state index in [0.717, 1.165) is 11.8 Å². The molecule has 1 N–H and O–H groups in total. The third-order valence-corrected chi connectivity index (χ3v) is 8.62. The lowest BCUT2D eigenvalue weighted by molar-refractivity contribution is -0.0656. The van der Waals surface area contributed by atoms with Gasteiger partial charge in [0.25, 0.3) is 11.8 Å². The first-order valence-corrected chi connectivity index (χ1v) is 14.3. The van der Waals surface area contributed by atoms with Gasteiger partial charge in [0.1, 0.15) is 23.3 Å². The zero-order chi connectivity index (χ0) is 31.9. The molecule has 44 heavy (non-hydrogen) atoms. The fourth-order valence-corrected chi connectivity index (χ4v) is 5.85. The highest BCUT2D eigenvalue weighted by Crippen LogP contribution is 2.46. The van der Waals surface area contributed by atoms with Crippen molar-refractivity contribution in [3.63, 3.8) is 0 Å². The molecule has 3 aliphatic rings. The molecule has 2 bridgehead atoms. The second-order valence-corrected chi connectivity index (χ2v) is 11.5. The number of benzene rings is 1. The topological polar surface area (TPSA) is 138 Å². The molecule has 2 unspecified atom stereocenters. The smallest absolute Gasteiger partial charge is 0.428 e. The minimum absolute atomic E-state index is 0.0198. The van der Waals surface area contributed by atoms with Crippen LogP contribution in [0, 0.1) is 11.6 Å². The van der Waals surface area contributed by atoms with Crippen LogP contribution in [0.4, 0.5) is 13.6 Å². The largest absolute Gasteiger partial charge is 0.514 e. The standard InChI is InChI=1S/C30H34F2N4O8/c1-15-11-30(44-34-15)9-8-16(2)35-14-23(30)36-13-21(27(38)33-12-19-6-7-20(31)10-22(19)32)25(37)26(24(36)28(35)39)43-29(40)42-18(4)17(3)41-5/h6-7,10,13,16-18,23H,8-9,11-12,14H2,1-5H3,(H,33,38)/t16-,17?,18?,23+,30-/m0/s1. The molecular weight excluding hydrogens is 582 g/mol. The van der Waals surface area contributed by atoms with Crippen molar-refractivity contribution in [2.24, 2.45) is 5.16 Å². The van der Waals surface area contributed by atoms with Gasteiger partial charge < -0.3 is 33.8 Å². The molecule has 5 atom stereocenters. The first-order chi connectivity index (χ1) is 20.8. The van der Waals surface area contributed by atoms with Crippen LogP contribution in [0.5, 0.6) is 5.75 Å². The predicted molar refractivity (Wildman–Crippen MR) is 152 cm³/mol. The molecule has 1 aromatic carbocycles. The molecule has 1 spiro atoms. The number of aromatic nitrogens is 1. The normalized spacial score (nSPS) is 23.7. The van der Waals surface area contributed by atoms with Gasteiger partial charge in [0.05, 0.1) is 17.9 Å². The second kappa shape index (κ2) is 12.0. The molecule has 236 valence electrons. The molecule has 3 aliphatic heterocycles. The average Bonchev–Trinajstić information content (AvgIpc) is 3.31. The Balaban J connectivity index is 1.60. The zero-order valence-corrected chi connectivity index (χ0v) is 25.0. The molecule has 2 aromatic rings. The van der Waals surface area contributed by atoms with Crippen molar-refractivity contribution in [2.45, 2.75) is 83.4 Å². The first kappa shape index (κ1) is 31.1. The SMILES string of the molecule is COC(C)C(C)OC(=O)Oc1c2n(cc(C(=O)NCc3ccc(F)cc3F)c1=O)[C@@H]1CN(C2=O)[C@@H](C)CC[C@]12CC(C)=NO2. The molecule has 14 heteroatoms. The molecule has 5 rings (SSSR count). The highest BCUT2D eigenvalue weighted by atomic mass is 19.1. The minimum atomic E-state index is -1.28. The molecular formula is C30H34F2N4O8. The van der Waals surface area contributed by atoms with Crippen LogP contribution >= 0.6 is 0 Å². The van der Waals surface area contributed by atoms with Crippen molar-refractivity contribution in [3.05, 3.63) is 63.1 Å². The van der Waals surface area contributed by atoms with Crippen molar-refractivity contribution >= 4 is 23.7 Å². The third-order valence-electron chi connectivity index (χ3n) is 8.62. The van der Waals surface area contributed by atoms with Crippen LogP contribution in [0.25, 0.3) is 0 Å². The van der Waals surface area contributed by atoms with Gasteiger partial charge in [-0.05, 0) is 46.6 Å². The number of ether oxygens (including phenoxy) is 3. The Bertz CT molecular complexity index is 1590. The lowest BCUT2D eigenvalue weighted by Crippen LogP contribution is -2.52. The Kier molecular flexibility index (Phi) is 8.47. The summed E-state index contributed by atoms with van der Waals surface area (Å²) in [6.07, 6.45) is 0.199. The van der Waals surface area contributed by atoms with E-state index in [4.69, 9.17) is 19.0 Å². The van der Waals surface area contributed by atoms with Gasteiger partial charge in [-0.15, -0.1) is 0 Å². The van der Waals surface area contributed by atoms with Crippen molar-refractivity contribution in [1.82, 2.24) is 14.8 Å². The summed E-state index contributed by atoms with van der Waals surface area (Å²) < 4.78 is 45.0. The Labute approximate surface area is 251 Å². The van der Waals surface area contributed by atoms with Crippen molar-refractivity contribution in [1.29, 1.82) is 0 Å². The molecule has 0 aliphatic carbocycles. The van der Waals surface area contributed by atoms with E-state index in [2.05, 4.69) is 10.5 Å². The summed E-state index contributed by atoms with van der Waals surface area (Å²) in [4.78, 5) is 61.7. The number of oxime groups is 1. The predicted octanol–water partition coefficient (Wildman–Crippen LogP) is 3.71. The van der Waals surface area contributed by atoms with Gasteiger partial charge in [-0.25, -0.2) is 13.6 Å². The summed E-state index contributed by atoms with van der Waals surface area (Å²) in [7, 11) is 1.43. The van der Waals surface area contributed by atoms with Crippen LogP contribution < -0.4 is 15.5 Å². The van der Waals surface area contributed by atoms with Crippen LogP contribution in [-0.4, -0.2) is 70.7 Å². The molecule has 12 nitrogen and oxygen atoms in total. The maximum atomic E-state index is 14.3. The average molecular weight is 617 g/mol. The molecule has 0 saturated carbocycles. The van der Waals surface area contributed by atoms with Gasteiger partial charge >= 0.3 is 6.16 Å². The maximum Gasteiger partial charge on any atom is 0.514 e. The number of fused-ring (bicyclic) bond motifs is 5. The highest BCUT2D eigenvalue weighted by molar-refractivity contribution is 6.00. The molecule has 0 radical (unpaired) electrons. The van der Waals surface area contributed by atoms with Crippen molar-refractivity contribution < 1.29 is 42.2 Å². The molecule has 2 amide bonds. The van der Waals surface area contributed by atoms with Crippen LogP contribution in [0.2, 0.25) is 0 Å². The third kappa shape index (κ3) is 5.65. The van der Waals surface area contributed by atoms with E-state index in [9.17, 15) is 28.0 Å². The second-order valence-electron chi connectivity index (χ2n) is 11.5. The zero-order valence-electron chi connectivity index (χ0n) is 25.0. The van der Waals surface area contributed by atoms with Crippen LogP contribution in [0.1, 0.15) is 79.4 Å². The lowest BCUT2D eigenvalue weighted by Gasteiger charge is -2.42. The molecule has 1 fully saturated rings. The Morgan fingerprint density at radius 1 is 1.23 bits per heavy atom. The number of pyridine rings is 1. The Morgan fingerprint density at radius 3 is 2.64 bits per heavy atom. The van der Waals surface area contributed by atoms with E-state index in [1.807, 2.05) is 13.8 Å². The quantitative estimate of drug-likeness (QED) is 0.465. The number of rotatable bonds is 7. The van der Waals surface area contributed by atoms with Gasteiger partial charge in [-0.1, -0.05) is 11.2 Å². The fraction of sp³-hybridized carbons (Fsp3) is 0.500. The first-order valence-electron chi connectivity index (χ1n) is 14.3. The number of hydrogen-bond acceptors (Lipinski definition) is 9. The van der Waals surface area contributed by atoms with Crippen LogP contribution in [0.3, 0.4) is 0 Å². The summed E-state index contributed by atoms with van der Waals surface area (Å²) in [6.45, 7) is 6.74. The number of nitrogens with zero attached hydrogens (tertiary/aromatic N) is 3. The van der Waals surface area contributed by atoms with Crippen LogP contribution in [-0.2, 0) is 20.9 Å². The summed E-state index contributed by atoms with van der Waals surface area (Å²) in [5.41, 5.74) is -1.94. The fourth-order valence-electron chi connectivity index (χ4n) is 5.85. The maximum absolute atomic E-state index is 14.3. The van der Waals surface area contributed by atoms with E-state index >= 15 is 0 Å². The van der Waals surface area contributed by atoms with E-state index in [1.54, 1.807) is 18.7 Å². The summed E-state index contributed by atoms with van der Waals surface area (Å²) in [5.74, 6) is -3.86. The molecule has 1 aromatic heterocycles. The van der Waals surface area contributed by atoms with E-state index in [0.29, 0.717) is 25.3 Å². The number of hydrogen-bond donors (Lipinski definition) is 1. The summed E-state index contributed by atoms with van der Waals surface area (Å²) >= 11 is 0. The van der Waals surface area contributed by atoms with Crippen LogP contribution in [0.15, 0.2) is 34.3 Å². The van der Waals surface area contributed by atoms with E-state index in [1.165, 1.54) is 23.9 Å². The molecule has 4 heterocycles. The summed E-state index contributed by atoms with van der Waals surface area (Å²) in [6, 6.07) is 2.02. The Morgan fingerprint density at radius 2 is 1.98 bits per heavy atom. The van der Waals surface area contributed by atoms with Crippen molar-refractivity contribution in [3.8, 4) is 5.75 Å². The summed E-state index contributed by atoms with van der Waals surface area (Å²) in [5, 5.41) is 6.64. The molecule has 1 saturated heterocycles. The van der Waals surface area contributed by atoms with Gasteiger partial charge in [-0.3, -0.25) is 14.4 Å². The van der Waals surface area contributed by atoms with Gasteiger partial charge in [0.15, 0.2) is 11.3 Å². The lowest BCUT2D eigenvalue weighted by atomic mass is 9.84. The minimum Gasteiger partial charge on any atom is -0.428 e. The number of carbonyl (C=O) groups excluding carboxylic acids is 3. The number of methoxy groups -OCH3 is 1. The highest BCUT2D eigenvalue weighted by Gasteiger charge is 2.54. The van der Waals surface area contributed by atoms with Crippen molar-refractivity contribution in [2.75, 3.05) is 13.7 Å². The monoisotopic (exact) mass is 616 g/mol. The number of carbonyl (C=O) groups is 3.